The lowest BCUT2D eigenvalue weighted by atomic mass is 10.4. The van der Waals surface area contributed by atoms with E-state index in [-0.39, 0.29) is 5.91 Å². The van der Waals surface area contributed by atoms with Crippen LogP contribution in [0.3, 0.4) is 0 Å². The number of nitrogens with zero attached hydrogens (tertiary/aromatic N) is 3. The van der Waals surface area contributed by atoms with E-state index in [0.29, 0.717) is 22.7 Å². The van der Waals surface area contributed by atoms with Gasteiger partial charge in [0.25, 0.3) is 5.91 Å². The van der Waals surface area contributed by atoms with Crippen molar-refractivity contribution in [2.45, 2.75) is 18.9 Å². The molecule has 7 heteroatoms. The summed E-state index contributed by atoms with van der Waals surface area (Å²) in [7, 11) is 0. The first-order valence-corrected chi connectivity index (χ1v) is 6.98. The van der Waals surface area contributed by atoms with Gasteiger partial charge in [-0.3, -0.25) is 4.79 Å². The smallest absolute Gasteiger partial charge is 0.273 e. The van der Waals surface area contributed by atoms with Gasteiger partial charge in [0, 0.05) is 16.7 Å². The Hall–Kier alpha value is -1.40. The molecular formula is C12H10BrClN4O. The largest absolute Gasteiger partial charge is 0.339 e. The SMILES string of the molecule is O=C(Nc1ccc(Cl)nn1)c1cc(Br)cn1C1CC1. The lowest BCUT2D eigenvalue weighted by Gasteiger charge is -2.07. The molecule has 0 aromatic carbocycles. The van der Waals surface area contributed by atoms with Crippen molar-refractivity contribution in [3.63, 3.8) is 0 Å². The van der Waals surface area contributed by atoms with E-state index < -0.39 is 0 Å². The number of amides is 1. The fourth-order valence-corrected chi connectivity index (χ4v) is 2.38. The molecule has 0 radical (unpaired) electrons. The highest BCUT2D eigenvalue weighted by Crippen LogP contribution is 2.37. The van der Waals surface area contributed by atoms with E-state index in [9.17, 15) is 4.79 Å². The molecule has 19 heavy (non-hydrogen) atoms. The molecule has 2 heterocycles. The van der Waals surface area contributed by atoms with Crippen molar-refractivity contribution in [3.05, 3.63) is 39.7 Å². The zero-order chi connectivity index (χ0) is 13.4. The number of hydrogen-bond donors (Lipinski definition) is 1. The Balaban J connectivity index is 1.82. The molecule has 2 aromatic heterocycles. The summed E-state index contributed by atoms with van der Waals surface area (Å²) in [6.07, 6.45) is 4.16. The molecule has 0 saturated heterocycles. The molecule has 3 rings (SSSR count). The Morgan fingerprint density at radius 2 is 2.21 bits per heavy atom. The monoisotopic (exact) mass is 340 g/mol. The predicted octanol–water partition coefficient (Wildman–Crippen LogP) is 3.28. The van der Waals surface area contributed by atoms with Crippen LogP contribution < -0.4 is 5.32 Å². The van der Waals surface area contributed by atoms with Crippen molar-refractivity contribution in [1.29, 1.82) is 0 Å². The average molecular weight is 342 g/mol. The minimum Gasteiger partial charge on any atom is -0.339 e. The number of hydrogen-bond acceptors (Lipinski definition) is 3. The zero-order valence-corrected chi connectivity index (χ0v) is 12.1. The standard InChI is InChI=1S/C12H10BrClN4O/c13-7-5-9(18(6-7)8-1-2-8)12(19)15-11-4-3-10(14)16-17-11/h3-6,8H,1-2H2,(H,15,17,19). The Morgan fingerprint density at radius 3 is 2.84 bits per heavy atom. The number of anilines is 1. The Morgan fingerprint density at radius 1 is 1.42 bits per heavy atom. The van der Waals surface area contributed by atoms with Gasteiger partial charge in [0.1, 0.15) is 5.69 Å². The third-order valence-corrected chi connectivity index (χ3v) is 3.50. The molecule has 98 valence electrons. The summed E-state index contributed by atoms with van der Waals surface area (Å²) in [6, 6.07) is 5.44. The first kappa shape index (κ1) is 12.6. The molecule has 0 aliphatic heterocycles. The summed E-state index contributed by atoms with van der Waals surface area (Å²) in [5.41, 5.74) is 0.617. The van der Waals surface area contributed by atoms with Gasteiger partial charge in [0.15, 0.2) is 11.0 Å². The van der Waals surface area contributed by atoms with E-state index in [0.717, 1.165) is 17.3 Å². The summed E-state index contributed by atoms with van der Waals surface area (Å²) in [4.78, 5) is 12.2. The molecule has 0 unspecified atom stereocenters. The van der Waals surface area contributed by atoms with Crippen LogP contribution in [0.2, 0.25) is 5.15 Å². The van der Waals surface area contributed by atoms with Gasteiger partial charge in [0.05, 0.1) is 0 Å². The van der Waals surface area contributed by atoms with Crippen LogP contribution in [0.4, 0.5) is 5.82 Å². The van der Waals surface area contributed by atoms with E-state index in [1.165, 1.54) is 0 Å². The van der Waals surface area contributed by atoms with Crippen LogP contribution in [0.1, 0.15) is 29.4 Å². The van der Waals surface area contributed by atoms with Crippen LogP contribution >= 0.6 is 27.5 Å². The normalized spacial score (nSPS) is 14.4. The highest BCUT2D eigenvalue weighted by atomic mass is 79.9. The molecular weight excluding hydrogens is 332 g/mol. The van der Waals surface area contributed by atoms with E-state index in [4.69, 9.17) is 11.6 Å². The maximum atomic E-state index is 12.2. The molecule has 1 saturated carbocycles. The van der Waals surface area contributed by atoms with E-state index in [1.807, 2.05) is 10.8 Å². The van der Waals surface area contributed by atoms with Crippen molar-refractivity contribution >= 4 is 39.3 Å². The molecule has 2 aromatic rings. The first-order chi connectivity index (χ1) is 9.13. The second-order valence-electron chi connectivity index (χ2n) is 4.38. The Bertz CT molecular complexity index is 621. The number of rotatable bonds is 3. The third kappa shape index (κ3) is 2.79. The molecule has 1 aliphatic rings. The van der Waals surface area contributed by atoms with Crippen molar-refractivity contribution in [2.24, 2.45) is 0 Å². The van der Waals surface area contributed by atoms with Gasteiger partial charge in [-0.1, -0.05) is 11.6 Å². The second-order valence-corrected chi connectivity index (χ2v) is 5.68. The van der Waals surface area contributed by atoms with Crippen LogP contribution in [0.15, 0.2) is 28.9 Å². The number of halogens is 2. The van der Waals surface area contributed by atoms with Gasteiger partial charge in [-0.2, -0.15) is 0 Å². The van der Waals surface area contributed by atoms with Crippen LogP contribution in [-0.4, -0.2) is 20.7 Å². The summed E-state index contributed by atoms with van der Waals surface area (Å²) < 4.78 is 2.88. The number of carbonyl (C=O) groups excluding carboxylic acids is 1. The average Bonchev–Trinajstić information content (AvgIpc) is 3.15. The molecule has 1 amide bonds. The molecule has 1 fully saturated rings. The number of aromatic nitrogens is 3. The minimum atomic E-state index is -0.200. The van der Waals surface area contributed by atoms with E-state index >= 15 is 0 Å². The lowest BCUT2D eigenvalue weighted by molar-refractivity contribution is 0.101. The highest BCUT2D eigenvalue weighted by Gasteiger charge is 2.27. The number of carbonyl (C=O) groups is 1. The van der Waals surface area contributed by atoms with Crippen molar-refractivity contribution in [3.8, 4) is 0 Å². The summed E-state index contributed by atoms with van der Waals surface area (Å²) >= 11 is 9.04. The van der Waals surface area contributed by atoms with Gasteiger partial charge in [0.2, 0.25) is 0 Å². The topological polar surface area (TPSA) is 59.8 Å². The van der Waals surface area contributed by atoms with Gasteiger partial charge in [-0.25, -0.2) is 0 Å². The molecule has 0 spiro atoms. The maximum Gasteiger partial charge on any atom is 0.273 e. The van der Waals surface area contributed by atoms with E-state index in [2.05, 4.69) is 31.4 Å². The van der Waals surface area contributed by atoms with Crippen molar-refractivity contribution in [1.82, 2.24) is 14.8 Å². The minimum absolute atomic E-state index is 0.200. The van der Waals surface area contributed by atoms with Gasteiger partial charge < -0.3 is 9.88 Å². The van der Waals surface area contributed by atoms with Crippen molar-refractivity contribution in [2.75, 3.05) is 5.32 Å². The van der Waals surface area contributed by atoms with Crippen LogP contribution in [0.5, 0.6) is 0 Å². The van der Waals surface area contributed by atoms with Gasteiger partial charge >= 0.3 is 0 Å². The van der Waals surface area contributed by atoms with Crippen molar-refractivity contribution < 1.29 is 4.79 Å². The zero-order valence-electron chi connectivity index (χ0n) is 9.81. The van der Waals surface area contributed by atoms with E-state index in [1.54, 1.807) is 18.2 Å². The molecule has 5 nitrogen and oxygen atoms in total. The van der Waals surface area contributed by atoms with Crippen LogP contribution in [0.25, 0.3) is 0 Å². The molecule has 0 bridgehead atoms. The highest BCUT2D eigenvalue weighted by molar-refractivity contribution is 9.10. The predicted molar refractivity (Wildman–Crippen MR) is 75.4 cm³/mol. The summed E-state index contributed by atoms with van der Waals surface area (Å²) in [6.45, 7) is 0. The summed E-state index contributed by atoms with van der Waals surface area (Å²) in [5.74, 6) is 0.184. The van der Waals surface area contributed by atoms with Gasteiger partial charge in [-0.05, 0) is 47.0 Å². The lowest BCUT2D eigenvalue weighted by Crippen LogP contribution is -2.17. The maximum absolute atomic E-state index is 12.2. The fraction of sp³-hybridized carbons (Fsp3) is 0.250. The van der Waals surface area contributed by atoms with Gasteiger partial charge in [-0.15, -0.1) is 10.2 Å². The molecule has 0 atom stereocenters. The molecule has 1 N–H and O–H groups in total. The first-order valence-electron chi connectivity index (χ1n) is 5.81. The quantitative estimate of drug-likeness (QED) is 0.932. The fourth-order valence-electron chi connectivity index (χ4n) is 1.85. The van der Waals surface area contributed by atoms with Crippen LogP contribution in [0, 0.1) is 0 Å². The summed E-state index contributed by atoms with van der Waals surface area (Å²) in [5, 5.41) is 10.5. The van der Waals surface area contributed by atoms with Crippen LogP contribution in [-0.2, 0) is 0 Å². The number of nitrogens with one attached hydrogen (secondary N) is 1. The Labute approximate surface area is 123 Å². The molecule has 1 aliphatic carbocycles. The second kappa shape index (κ2) is 4.94. The third-order valence-electron chi connectivity index (χ3n) is 2.86. The Kier molecular flexibility index (Phi) is 3.28.